The minimum Gasteiger partial charge on any atom is -0.461 e. The van der Waals surface area contributed by atoms with Crippen LogP contribution in [0.4, 0.5) is 5.69 Å². The molecule has 0 fully saturated rings. The van der Waals surface area contributed by atoms with Gasteiger partial charge in [0.15, 0.2) is 6.10 Å². The van der Waals surface area contributed by atoms with Gasteiger partial charge in [-0.05, 0) is 35.4 Å². The summed E-state index contributed by atoms with van der Waals surface area (Å²) in [5, 5.41) is 4.29. The first-order valence-corrected chi connectivity index (χ1v) is 11.1. The molecule has 2 aliphatic rings. The van der Waals surface area contributed by atoms with Crippen LogP contribution in [-0.2, 0) is 21.0 Å². The van der Waals surface area contributed by atoms with Crippen molar-refractivity contribution in [2.45, 2.75) is 26.1 Å². The molecule has 3 aromatic carbocycles. The van der Waals surface area contributed by atoms with Gasteiger partial charge in [-0.15, -0.1) is 0 Å². The molecule has 0 saturated carbocycles. The van der Waals surface area contributed by atoms with Crippen molar-refractivity contribution >= 4 is 23.3 Å². The average molecular weight is 450 g/mol. The zero-order chi connectivity index (χ0) is 23.5. The predicted molar refractivity (Wildman–Crippen MR) is 128 cm³/mol. The van der Waals surface area contributed by atoms with E-state index in [0.29, 0.717) is 24.1 Å². The molecule has 0 spiro atoms. The number of fused-ring (bicyclic) bond motifs is 2. The summed E-state index contributed by atoms with van der Waals surface area (Å²) in [5.74, 6) is 5.93. The quantitative estimate of drug-likeness (QED) is 0.429. The Morgan fingerprint density at radius 1 is 1.03 bits per heavy atom. The number of hydrogen-bond acceptors (Lipinski definition) is 5. The summed E-state index contributed by atoms with van der Waals surface area (Å²) >= 11 is 0. The second-order valence-electron chi connectivity index (χ2n) is 8.18. The number of hydrogen-bond donors (Lipinski definition) is 0. The van der Waals surface area contributed by atoms with Gasteiger partial charge in [0.05, 0.1) is 23.5 Å². The fourth-order valence-electron chi connectivity index (χ4n) is 4.04. The number of carbonyl (C=O) groups is 2. The Kier molecular flexibility index (Phi) is 5.84. The Morgan fingerprint density at radius 2 is 1.74 bits per heavy atom. The molecule has 5 rings (SSSR count). The largest absolute Gasteiger partial charge is 0.461 e. The van der Waals surface area contributed by atoms with E-state index < -0.39 is 0 Å². The second-order valence-corrected chi connectivity index (χ2v) is 8.18. The van der Waals surface area contributed by atoms with Crippen molar-refractivity contribution in [3.63, 3.8) is 0 Å². The zero-order valence-corrected chi connectivity index (χ0v) is 18.7. The molecule has 0 radical (unpaired) electrons. The number of oxime groups is 1. The van der Waals surface area contributed by atoms with Gasteiger partial charge in [0, 0.05) is 24.5 Å². The van der Waals surface area contributed by atoms with E-state index in [-0.39, 0.29) is 24.6 Å². The molecule has 0 aromatic heterocycles. The average Bonchev–Trinajstić information content (AvgIpc) is 3.33. The molecule has 2 aliphatic heterocycles. The minimum atomic E-state index is -0.311. The van der Waals surface area contributed by atoms with E-state index >= 15 is 0 Å². The number of anilines is 1. The van der Waals surface area contributed by atoms with Crippen molar-refractivity contribution in [1.29, 1.82) is 0 Å². The third-order valence-corrected chi connectivity index (χ3v) is 5.78. The van der Waals surface area contributed by atoms with Crippen molar-refractivity contribution in [1.82, 2.24) is 0 Å². The molecule has 0 saturated heterocycles. The van der Waals surface area contributed by atoms with Crippen molar-refractivity contribution in [2.24, 2.45) is 5.16 Å². The maximum atomic E-state index is 13.6. The lowest BCUT2D eigenvalue weighted by Crippen LogP contribution is -2.39. The van der Waals surface area contributed by atoms with Crippen molar-refractivity contribution < 1.29 is 19.2 Å². The SMILES string of the molecule is CC(=O)OCc1ccc(C2=NO[C@@H](CN3C(=O)c4ccccc4C#Cc4ccccc43)C2)cc1. The van der Waals surface area contributed by atoms with Gasteiger partial charge in [-0.2, -0.15) is 0 Å². The molecule has 0 unspecified atom stereocenters. The summed E-state index contributed by atoms with van der Waals surface area (Å²) in [7, 11) is 0. The molecule has 0 N–H and O–H groups in total. The van der Waals surface area contributed by atoms with Crippen LogP contribution in [0.15, 0.2) is 78.0 Å². The lowest BCUT2D eigenvalue weighted by molar-refractivity contribution is -0.142. The lowest BCUT2D eigenvalue weighted by atomic mass is 10.0. The molecule has 0 bridgehead atoms. The van der Waals surface area contributed by atoms with E-state index in [2.05, 4.69) is 17.0 Å². The molecular formula is C28H22N2O4. The third kappa shape index (κ3) is 4.41. The Balaban J connectivity index is 1.35. The van der Waals surface area contributed by atoms with E-state index in [1.165, 1.54) is 6.92 Å². The van der Waals surface area contributed by atoms with Gasteiger partial charge in [-0.1, -0.05) is 65.5 Å². The molecule has 1 amide bonds. The van der Waals surface area contributed by atoms with Gasteiger partial charge in [0.1, 0.15) is 6.61 Å². The smallest absolute Gasteiger partial charge is 0.302 e. The fraction of sp³-hybridized carbons (Fsp3) is 0.179. The van der Waals surface area contributed by atoms with E-state index in [0.717, 1.165) is 28.1 Å². The lowest BCUT2D eigenvalue weighted by Gasteiger charge is -2.27. The number of nitrogens with zero attached hydrogens (tertiary/aromatic N) is 2. The maximum Gasteiger partial charge on any atom is 0.302 e. The summed E-state index contributed by atoms with van der Waals surface area (Å²) in [6.07, 6.45) is 0.287. The van der Waals surface area contributed by atoms with Crippen LogP contribution in [0.1, 0.15) is 46.0 Å². The molecule has 6 nitrogen and oxygen atoms in total. The Bertz CT molecular complexity index is 1350. The number of ether oxygens (including phenoxy) is 1. The molecule has 3 aromatic rings. The third-order valence-electron chi connectivity index (χ3n) is 5.78. The second kappa shape index (κ2) is 9.24. The first kappa shape index (κ1) is 21.5. The molecular weight excluding hydrogens is 428 g/mol. The van der Waals surface area contributed by atoms with E-state index in [4.69, 9.17) is 9.57 Å². The normalized spacial score (nSPS) is 16.1. The van der Waals surface area contributed by atoms with Crippen molar-refractivity contribution in [2.75, 3.05) is 11.4 Å². The van der Waals surface area contributed by atoms with Crippen LogP contribution in [0.3, 0.4) is 0 Å². The van der Waals surface area contributed by atoms with E-state index in [1.54, 1.807) is 4.90 Å². The van der Waals surface area contributed by atoms with Crippen LogP contribution >= 0.6 is 0 Å². The molecule has 2 heterocycles. The summed E-state index contributed by atoms with van der Waals surface area (Å²) < 4.78 is 5.04. The molecule has 6 heteroatoms. The number of esters is 1. The highest BCUT2D eigenvalue weighted by Gasteiger charge is 2.30. The first-order valence-electron chi connectivity index (χ1n) is 11.1. The van der Waals surface area contributed by atoms with Gasteiger partial charge >= 0.3 is 5.97 Å². The number of benzene rings is 3. The summed E-state index contributed by atoms with van der Waals surface area (Å²) in [6.45, 7) is 1.98. The standard InChI is InChI=1S/C28H22N2O4/c1-19(31)33-18-20-10-12-22(13-11-20)26-16-24(34-29-26)17-30-27-9-5-3-7-23(27)15-14-21-6-2-4-8-25(21)28(30)32/h2-13,24H,16-18H2,1H3/t24-/m1/s1. The van der Waals surface area contributed by atoms with Crippen LogP contribution in [0, 0.1) is 11.8 Å². The molecule has 34 heavy (non-hydrogen) atoms. The maximum absolute atomic E-state index is 13.6. The highest BCUT2D eigenvalue weighted by molar-refractivity contribution is 6.09. The van der Waals surface area contributed by atoms with Crippen LogP contribution in [0.5, 0.6) is 0 Å². The van der Waals surface area contributed by atoms with Crippen LogP contribution in [0.25, 0.3) is 0 Å². The van der Waals surface area contributed by atoms with Gasteiger partial charge in [-0.3, -0.25) is 9.59 Å². The summed E-state index contributed by atoms with van der Waals surface area (Å²) in [6, 6.07) is 22.7. The van der Waals surface area contributed by atoms with Crippen LogP contribution in [0.2, 0.25) is 0 Å². The number of amides is 1. The van der Waals surface area contributed by atoms with Gasteiger partial charge in [0.25, 0.3) is 5.91 Å². The monoisotopic (exact) mass is 450 g/mol. The molecule has 168 valence electrons. The Hall–Kier alpha value is -4.37. The molecule has 0 aliphatic carbocycles. The van der Waals surface area contributed by atoms with Gasteiger partial charge < -0.3 is 14.5 Å². The predicted octanol–water partition coefficient (Wildman–Crippen LogP) is 4.30. The highest BCUT2D eigenvalue weighted by atomic mass is 16.6. The zero-order valence-electron chi connectivity index (χ0n) is 18.7. The fourth-order valence-corrected chi connectivity index (χ4v) is 4.04. The minimum absolute atomic E-state index is 0.107. The Morgan fingerprint density at radius 3 is 2.53 bits per heavy atom. The number of para-hydroxylation sites is 1. The van der Waals surface area contributed by atoms with Gasteiger partial charge in [-0.25, -0.2) is 0 Å². The summed E-state index contributed by atoms with van der Waals surface area (Å²) in [5.41, 5.74) is 5.51. The van der Waals surface area contributed by atoms with Crippen LogP contribution in [-0.4, -0.2) is 30.2 Å². The summed E-state index contributed by atoms with van der Waals surface area (Å²) in [4.78, 5) is 32.1. The number of rotatable bonds is 5. The van der Waals surface area contributed by atoms with Crippen molar-refractivity contribution in [3.05, 3.63) is 101 Å². The van der Waals surface area contributed by atoms with Crippen molar-refractivity contribution in [3.8, 4) is 11.8 Å². The Labute approximate surface area is 197 Å². The van der Waals surface area contributed by atoms with E-state index in [9.17, 15) is 9.59 Å². The topological polar surface area (TPSA) is 68.2 Å². The first-order chi connectivity index (χ1) is 16.6. The van der Waals surface area contributed by atoms with Gasteiger partial charge in [0.2, 0.25) is 0 Å². The molecule has 1 atom stereocenters. The van der Waals surface area contributed by atoms with E-state index in [1.807, 2.05) is 72.8 Å². The number of carbonyl (C=O) groups excluding carboxylic acids is 2. The van der Waals surface area contributed by atoms with Crippen LogP contribution < -0.4 is 4.90 Å². The highest BCUT2D eigenvalue weighted by Crippen LogP contribution is 2.27.